The van der Waals surface area contributed by atoms with Crippen molar-refractivity contribution >= 4 is 0 Å². The Kier molecular flexibility index (Phi) is 6.75. The third kappa shape index (κ3) is 5.32. The summed E-state index contributed by atoms with van der Waals surface area (Å²) in [6.07, 6.45) is 5.80. The van der Waals surface area contributed by atoms with Crippen molar-refractivity contribution in [1.29, 1.82) is 0 Å². The van der Waals surface area contributed by atoms with Crippen molar-refractivity contribution in [3.8, 4) is 0 Å². The second kappa shape index (κ2) is 8.32. The molecule has 0 unspecified atom stereocenters. The molecule has 2 rings (SSSR count). The molecule has 4 nitrogen and oxygen atoms in total. The van der Waals surface area contributed by atoms with Gasteiger partial charge >= 0.3 is 0 Å². The molecule has 0 aromatic rings. The first-order valence-electron chi connectivity index (χ1n) is 8.47. The molecule has 0 atom stereocenters. The molecule has 2 heterocycles. The minimum atomic E-state index is 0.491. The summed E-state index contributed by atoms with van der Waals surface area (Å²) >= 11 is 0. The van der Waals surface area contributed by atoms with Crippen molar-refractivity contribution in [3.63, 3.8) is 0 Å². The summed E-state index contributed by atoms with van der Waals surface area (Å²) < 4.78 is 6.33. The van der Waals surface area contributed by atoms with Crippen LogP contribution in [0.1, 0.15) is 39.5 Å². The summed E-state index contributed by atoms with van der Waals surface area (Å²) in [6.45, 7) is 12.4. The van der Waals surface area contributed by atoms with Gasteiger partial charge in [0.15, 0.2) is 0 Å². The van der Waals surface area contributed by atoms with Gasteiger partial charge in [0.2, 0.25) is 0 Å². The lowest BCUT2D eigenvalue weighted by Gasteiger charge is -2.37. The smallest absolute Gasteiger partial charge is 0.0603 e. The Balaban J connectivity index is 1.61. The molecule has 0 bridgehead atoms. The van der Waals surface area contributed by atoms with Crippen LogP contribution in [0.2, 0.25) is 0 Å². The first-order valence-corrected chi connectivity index (χ1v) is 8.47. The highest BCUT2D eigenvalue weighted by atomic mass is 16.5. The fourth-order valence-electron chi connectivity index (χ4n) is 3.47. The van der Waals surface area contributed by atoms with Gasteiger partial charge in [-0.1, -0.05) is 13.8 Å². The predicted molar refractivity (Wildman–Crippen MR) is 83.9 cm³/mol. The van der Waals surface area contributed by atoms with Gasteiger partial charge in [0.25, 0.3) is 0 Å². The van der Waals surface area contributed by atoms with Crippen molar-refractivity contribution in [2.45, 2.75) is 51.7 Å². The summed E-state index contributed by atoms with van der Waals surface area (Å²) in [7, 11) is 0. The Bertz CT molecular complexity index is 256. The highest BCUT2D eigenvalue weighted by Crippen LogP contribution is 2.21. The molecule has 4 heteroatoms. The lowest BCUT2D eigenvalue weighted by molar-refractivity contribution is -0.0653. The molecule has 0 aliphatic carbocycles. The molecule has 0 aromatic heterocycles. The van der Waals surface area contributed by atoms with E-state index in [1.807, 2.05) is 0 Å². The van der Waals surface area contributed by atoms with Gasteiger partial charge in [0.1, 0.15) is 0 Å². The van der Waals surface area contributed by atoms with Gasteiger partial charge in [-0.25, -0.2) is 0 Å². The molecule has 118 valence electrons. The molecule has 2 aliphatic heterocycles. The van der Waals surface area contributed by atoms with Crippen LogP contribution in [0.4, 0.5) is 0 Å². The van der Waals surface area contributed by atoms with Gasteiger partial charge in [-0.05, 0) is 31.6 Å². The molecular formula is C16H33N3O. The summed E-state index contributed by atoms with van der Waals surface area (Å²) in [5.74, 6) is 0.777. The van der Waals surface area contributed by atoms with Gasteiger partial charge in [-0.15, -0.1) is 0 Å². The Morgan fingerprint density at radius 1 is 0.950 bits per heavy atom. The van der Waals surface area contributed by atoms with Crippen LogP contribution in [0.25, 0.3) is 0 Å². The molecule has 2 fully saturated rings. The maximum atomic E-state index is 6.33. The molecule has 0 spiro atoms. The van der Waals surface area contributed by atoms with E-state index < -0.39 is 0 Å². The van der Waals surface area contributed by atoms with E-state index in [1.54, 1.807) is 0 Å². The van der Waals surface area contributed by atoms with E-state index in [4.69, 9.17) is 10.5 Å². The van der Waals surface area contributed by atoms with E-state index in [-0.39, 0.29) is 0 Å². The third-order valence-corrected chi connectivity index (χ3v) is 4.52. The number of nitrogens with zero attached hydrogens (tertiary/aromatic N) is 2. The van der Waals surface area contributed by atoms with E-state index in [0.29, 0.717) is 12.2 Å². The number of likely N-dealkylation sites (tertiary alicyclic amines) is 2. The third-order valence-electron chi connectivity index (χ3n) is 4.52. The van der Waals surface area contributed by atoms with Crippen molar-refractivity contribution in [3.05, 3.63) is 0 Å². The highest BCUT2D eigenvalue weighted by Gasteiger charge is 2.25. The fourth-order valence-corrected chi connectivity index (χ4v) is 3.47. The normalized spacial score (nSPS) is 24.6. The van der Waals surface area contributed by atoms with Crippen LogP contribution < -0.4 is 5.73 Å². The fraction of sp³-hybridized carbons (Fsp3) is 1.00. The molecule has 0 aromatic carbocycles. The van der Waals surface area contributed by atoms with Crippen molar-refractivity contribution in [2.24, 2.45) is 11.7 Å². The lowest BCUT2D eigenvalue weighted by Crippen LogP contribution is -2.43. The largest absolute Gasteiger partial charge is 0.375 e. The molecular weight excluding hydrogens is 250 g/mol. The average molecular weight is 283 g/mol. The summed E-state index contributed by atoms with van der Waals surface area (Å²) in [4.78, 5) is 5.06. The number of nitrogens with two attached hydrogens (primary N) is 1. The summed E-state index contributed by atoms with van der Waals surface area (Å²) in [5, 5.41) is 0. The van der Waals surface area contributed by atoms with E-state index in [9.17, 15) is 0 Å². The van der Waals surface area contributed by atoms with Gasteiger partial charge in [-0.3, -0.25) is 0 Å². The first-order chi connectivity index (χ1) is 9.67. The van der Waals surface area contributed by atoms with Crippen LogP contribution in [0.15, 0.2) is 0 Å². The predicted octanol–water partition coefficient (Wildman–Crippen LogP) is 1.55. The van der Waals surface area contributed by atoms with E-state index in [0.717, 1.165) is 32.1 Å². The second-order valence-electron chi connectivity index (χ2n) is 6.86. The molecule has 2 saturated heterocycles. The monoisotopic (exact) mass is 283 g/mol. The zero-order valence-corrected chi connectivity index (χ0v) is 13.4. The minimum absolute atomic E-state index is 0.491. The van der Waals surface area contributed by atoms with Gasteiger partial charge in [0, 0.05) is 45.8 Å². The molecule has 0 radical (unpaired) electrons. The molecule has 0 amide bonds. The quantitative estimate of drug-likeness (QED) is 0.803. The minimum Gasteiger partial charge on any atom is -0.375 e. The van der Waals surface area contributed by atoms with Crippen LogP contribution >= 0.6 is 0 Å². The number of ether oxygens (including phenoxy) is 1. The number of hydrogen-bond acceptors (Lipinski definition) is 4. The molecule has 20 heavy (non-hydrogen) atoms. The van der Waals surface area contributed by atoms with E-state index >= 15 is 0 Å². The summed E-state index contributed by atoms with van der Waals surface area (Å²) in [5.41, 5.74) is 5.61. The lowest BCUT2D eigenvalue weighted by atomic mass is 10.0. The maximum Gasteiger partial charge on any atom is 0.0603 e. The van der Waals surface area contributed by atoms with Crippen LogP contribution in [-0.4, -0.2) is 67.8 Å². The van der Waals surface area contributed by atoms with Gasteiger partial charge < -0.3 is 20.3 Å². The summed E-state index contributed by atoms with van der Waals surface area (Å²) in [6, 6.07) is 0. The van der Waals surface area contributed by atoms with Gasteiger partial charge in [-0.2, -0.15) is 0 Å². The highest BCUT2D eigenvalue weighted by molar-refractivity contribution is 4.78. The standard InChI is InChI=1S/C16H33N3O/c1-14(2)13-19-10-5-16(6-11-19)20-15-3-8-18(9-4-15)12-7-17/h14-16H,3-13,17H2,1-2H3. The van der Waals surface area contributed by atoms with Gasteiger partial charge in [0.05, 0.1) is 12.2 Å². The Morgan fingerprint density at radius 2 is 1.45 bits per heavy atom. The number of piperidine rings is 2. The van der Waals surface area contributed by atoms with E-state index in [2.05, 4.69) is 23.6 Å². The van der Waals surface area contributed by atoms with Crippen molar-refractivity contribution in [2.75, 3.05) is 45.8 Å². The van der Waals surface area contributed by atoms with Crippen LogP contribution in [-0.2, 0) is 4.74 Å². The van der Waals surface area contributed by atoms with Crippen molar-refractivity contribution < 1.29 is 4.74 Å². The Morgan fingerprint density at radius 3 is 1.90 bits per heavy atom. The van der Waals surface area contributed by atoms with Crippen LogP contribution in [0.3, 0.4) is 0 Å². The van der Waals surface area contributed by atoms with Crippen LogP contribution in [0.5, 0.6) is 0 Å². The number of hydrogen-bond donors (Lipinski definition) is 1. The molecule has 0 saturated carbocycles. The van der Waals surface area contributed by atoms with E-state index in [1.165, 1.54) is 45.3 Å². The zero-order chi connectivity index (χ0) is 14.4. The van der Waals surface area contributed by atoms with Crippen LogP contribution in [0, 0.1) is 5.92 Å². The average Bonchev–Trinajstić information content (AvgIpc) is 2.43. The SMILES string of the molecule is CC(C)CN1CCC(OC2CCN(CCN)CC2)CC1. The Hall–Kier alpha value is -0.160. The van der Waals surface area contributed by atoms with Crippen molar-refractivity contribution in [1.82, 2.24) is 9.80 Å². The topological polar surface area (TPSA) is 41.7 Å². The zero-order valence-electron chi connectivity index (χ0n) is 13.4. The number of rotatable bonds is 6. The second-order valence-corrected chi connectivity index (χ2v) is 6.86. The first kappa shape index (κ1) is 16.2. The molecule has 2 aliphatic rings. The Labute approximate surface area is 124 Å². The molecule has 2 N–H and O–H groups in total. The maximum absolute atomic E-state index is 6.33.